The van der Waals surface area contributed by atoms with Crippen molar-refractivity contribution in [2.75, 3.05) is 29.1 Å². The summed E-state index contributed by atoms with van der Waals surface area (Å²) in [6.45, 7) is 4.02. The smallest absolute Gasteiger partial charge is 0.234 e. The number of hydrogen-bond donors (Lipinski definition) is 1. The third-order valence-corrected chi connectivity index (χ3v) is 5.29. The predicted molar refractivity (Wildman–Crippen MR) is 104 cm³/mol. The van der Waals surface area contributed by atoms with Crippen molar-refractivity contribution in [1.29, 1.82) is 0 Å². The maximum atomic E-state index is 12.1. The van der Waals surface area contributed by atoms with Gasteiger partial charge in [-0.05, 0) is 56.0 Å². The van der Waals surface area contributed by atoms with Crippen molar-refractivity contribution in [3.05, 3.63) is 40.9 Å². The van der Waals surface area contributed by atoms with Crippen molar-refractivity contribution in [1.82, 2.24) is 10.2 Å². The van der Waals surface area contributed by atoms with Crippen molar-refractivity contribution >= 4 is 40.8 Å². The Hall–Kier alpha value is -1.79. The minimum atomic E-state index is -0.0859. The van der Waals surface area contributed by atoms with E-state index in [1.807, 2.05) is 25.1 Å². The van der Waals surface area contributed by atoms with Crippen LogP contribution >= 0.6 is 23.4 Å². The largest absolute Gasteiger partial charge is 0.355 e. The van der Waals surface area contributed by atoms with Gasteiger partial charge in [-0.15, -0.1) is 10.2 Å². The number of aryl methyl sites for hydroxylation is 1. The van der Waals surface area contributed by atoms with Crippen molar-refractivity contribution in [2.24, 2.45) is 0 Å². The highest BCUT2D eigenvalue weighted by Gasteiger charge is 2.13. The summed E-state index contributed by atoms with van der Waals surface area (Å²) in [5, 5.41) is 12.8. The lowest BCUT2D eigenvalue weighted by Gasteiger charge is -2.27. The number of thioether (sulfide) groups is 1. The summed E-state index contributed by atoms with van der Waals surface area (Å²) in [6, 6.07) is 9.36. The lowest BCUT2D eigenvalue weighted by atomic mass is 10.1. The molecule has 2 heterocycles. The molecule has 1 saturated heterocycles. The molecule has 1 aliphatic heterocycles. The van der Waals surface area contributed by atoms with E-state index in [0.717, 1.165) is 35.2 Å². The fourth-order valence-electron chi connectivity index (χ4n) is 2.74. The van der Waals surface area contributed by atoms with Crippen LogP contribution < -0.4 is 10.2 Å². The number of benzene rings is 1. The highest BCUT2D eigenvalue weighted by Crippen LogP contribution is 2.22. The Morgan fingerprint density at radius 2 is 2.00 bits per heavy atom. The van der Waals surface area contributed by atoms with Gasteiger partial charge in [0.1, 0.15) is 5.03 Å². The Labute approximate surface area is 157 Å². The first kappa shape index (κ1) is 18.0. The number of piperidine rings is 1. The Morgan fingerprint density at radius 3 is 2.72 bits per heavy atom. The predicted octanol–water partition coefficient (Wildman–Crippen LogP) is 4.16. The summed E-state index contributed by atoms with van der Waals surface area (Å²) in [5.41, 5.74) is 1.72. The van der Waals surface area contributed by atoms with Gasteiger partial charge in [0, 0.05) is 23.8 Å². The van der Waals surface area contributed by atoms with E-state index in [0.29, 0.717) is 5.02 Å². The number of halogens is 1. The summed E-state index contributed by atoms with van der Waals surface area (Å²) in [7, 11) is 0. The van der Waals surface area contributed by atoms with Crippen LogP contribution in [0, 0.1) is 6.92 Å². The quantitative estimate of drug-likeness (QED) is 0.794. The SMILES string of the molecule is Cc1ccc(Cl)cc1NC(=O)CSc1ccc(N2CCCCC2)nn1. The average Bonchev–Trinajstić information content (AvgIpc) is 2.64. The molecule has 0 atom stereocenters. The second-order valence-corrected chi connectivity index (χ2v) is 7.51. The first-order chi connectivity index (χ1) is 12.1. The number of aromatic nitrogens is 2. The van der Waals surface area contributed by atoms with E-state index in [4.69, 9.17) is 11.6 Å². The van der Waals surface area contributed by atoms with Crippen LogP contribution in [-0.2, 0) is 4.79 Å². The molecule has 1 amide bonds. The number of carbonyl (C=O) groups is 1. The van der Waals surface area contributed by atoms with Gasteiger partial charge in [0.15, 0.2) is 5.82 Å². The molecule has 1 aliphatic rings. The topological polar surface area (TPSA) is 58.1 Å². The maximum Gasteiger partial charge on any atom is 0.234 e. The van der Waals surface area contributed by atoms with Crippen LogP contribution in [0.25, 0.3) is 0 Å². The number of hydrogen-bond acceptors (Lipinski definition) is 5. The standard InChI is InChI=1S/C18H21ClN4OS/c1-13-5-6-14(19)11-15(13)20-17(24)12-25-18-8-7-16(21-22-18)23-9-3-2-4-10-23/h5-8,11H,2-4,9-10,12H2,1H3,(H,20,24). The number of anilines is 2. The fraction of sp³-hybridized carbons (Fsp3) is 0.389. The summed E-state index contributed by atoms with van der Waals surface area (Å²) in [6.07, 6.45) is 3.71. The Kier molecular flexibility index (Phi) is 6.15. The molecule has 7 heteroatoms. The summed E-state index contributed by atoms with van der Waals surface area (Å²) in [4.78, 5) is 14.4. The second kappa shape index (κ2) is 8.54. The van der Waals surface area contributed by atoms with Gasteiger partial charge in [0.25, 0.3) is 0 Å². The number of nitrogens with one attached hydrogen (secondary N) is 1. The summed E-state index contributed by atoms with van der Waals surface area (Å²) in [5.74, 6) is 1.12. The van der Waals surface area contributed by atoms with E-state index in [1.165, 1.54) is 31.0 Å². The van der Waals surface area contributed by atoms with Gasteiger partial charge < -0.3 is 10.2 Å². The molecule has 1 N–H and O–H groups in total. The van der Waals surface area contributed by atoms with E-state index in [2.05, 4.69) is 20.4 Å². The third kappa shape index (κ3) is 5.09. The Bertz CT molecular complexity index is 732. The van der Waals surface area contributed by atoms with Crippen LogP contribution in [0.5, 0.6) is 0 Å². The van der Waals surface area contributed by atoms with Gasteiger partial charge in [-0.3, -0.25) is 4.79 Å². The van der Waals surface area contributed by atoms with Crippen molar-refractivity contribution in [2.45, 2.75) is 31.2 Å². The first-order valence-corrected chi connectivity index (χ1v) is 9.76. The monoisotopic (exact) mass is 376 g/mol. The Balaban J connectivity index is 1.52. The molecule has 1 aromatic heterocycles. The highest BCUT2D eigenvalue weighted by molar-refractivity contribution is 7.99. The van der Waals surface area contributed by atoms with Gasteiger partial charge in [-0.2, -0.15) is 0 Å². The fourth-order valence-corrected chi connectivity index (χ4v) is 3.52. The van der Waals surface area contributed by atoms with Crippen LogP contribution in [0.1, 0.15) is 24.8 Å². The van der Waals surface area contributed by atoms with Gasteiger partial charge in [-0.25, -0.2) is 0 Å². The van der Waals surface area contributed by atoms with Crippen LogP contribution in [0.15, 0.2) is 35.4 Å². The van der Waals surface area contributed by atoms with Crippen molar-refractivity contribution in [3.8, 4) is 0 Å². The van der Waals surface area contributed by atoms with Crippen molar-refractivity contribution < 1.29 is 4.79 Å². The van der Waals surface area contributed by atoms with Gasteiger partial charge >= 0.3 is 0 Å². The maximum absolute atomic E-state index is 12.1. The Morgan fingerprint density at radius 1 is 1.20 bits per heavy atom. The number of nitrogens with zero attached hydrogens (tertiary/aromatic N) is 3. The van der Waals surface area contributed by atoms with Crippen LogP contribution in [0.3, 0.4) is 0 Å². The molecule has 0 radical (unpaired) electrons. The van der Waals surface area contributed by atoms with E-state index < -0.39 is 0 Å². The minimum absolute atomic E-state index is 0.0859. The van der Waals surface area contributed by atoms with Crippen LogP contribution in [0.4, 0.5) is 11.5 Å². The molecule has 1 fully saturated rings. The minimum Gasteiger partial charge on any atom is -0.355 e. The number of carbonyl (C=O) groups excluding carboxylic acids is 1. The first-order valence-electron chi connectivity index (χ1n) is 8.39. The van der Waals surface area contributed by atoms with Crippen LogP contribution in [0.2, 0.25) is 5.02 Å². The lowest BCUT2D eigenvalue weighted by Crippen LogP contribution is -2.30. The van der Waals surface area contributed by atoms with E-state index in [-0.39, 0.29) is 11.7 Å². The average molecular weight is 377 g/mol. The number of amides is 1. The normalized spacial score (nSPS) is 14.4. The van der Waals surface area contributed by atoms with Gasteiger partial charge in [-0.1, -0.05) is 29.4 Å². The summed E-state index contributed by atoms with van der Waals surface area (Å²) < 4.78 is 0. The lowest BCUT2D eigenvalue weighted by molar-refractivity contribution is -0.113. The molecule has 132 valence electrons. The van der Waals surface area contributed by atoms with E-state index in [1.54, 1.807) is 12.1 Å². The highest BCUT2D eigenvalue weighted by atomic mass is 35.5. The van der Waals surface area contributed by atoms with E-state index in [9.17, 15) is 4.79 Å². The molecule has 0 saturated carbocycles. The molecule has 0 spiro atoms. The number of rotatable bonds is 5. The van der Waals surface area contributed by atoms with Gasteiger partial charge in [0.05, 0.1) is 5.75 Å². The zero-order valence-electron chi connectivity index (χ0n) is 14.2. The molecule has 1 aromatic carbocycles. The molecule has 0 bridgehead atoms. The molecular formula is C18H21ClN4OS. The molecule has 25 heavy (non-hydrogen) atoms. The molecule has 0 unspecified atom stereocenters. The molecule has 2 aromatic rings. The zero-order chi connectivity index (χ0) is 17.6. The second-order valence-electron chi connectivity index (χ2n) is 6.07. The van der Waals surface area contributed by atoms with Gasteiger partial charge in [0.2, 0.25) is 5.91 Å². The van der Waals surface area contributed by atoms with E-state index >= 15 is 0 Å². The molecule has 3 rings (SSSR count). The molecular weight excluding hydrogens is 356 g/mol. The zero-order valence-corrected chi connectivity index (χ0v) is 15.7. The van der Waals surface area contributed by atoms with Crippen molar-refractivity contribution in [3.63, 3.8) is 0 Å². The molecule has 0 aliphatic carbocycles. The van der Waals surface area contributed by atoms with Crippen LogP contribution in [-0.4, -0.2) is 34.9 Å². The summed E-state index contributed by atoms with van der Waals surface area (Å²) >= 11 is 7.35. The third-order valence-electron chi connectivity index (χ3n) is 4.13. The molecule has 5 nitrogen and oxygen atoms in total.